The van der Waals surface area contributed by atoms with Crippen LogP contribution in [0.2, 0.25) is 5.02 Å². The van der Waals surface area contributed by atoms with Gasteiger partial charge in [-0.05, 0) is 42.8 Å². The van der Waals surface area contributed by atoms with Crippen LogP contribution >= 0.6 is 11.6 Å². The van der Waals surface area contributed by atoms with Crippen LogP contribution in [0.4, 0.5) is 24.5 Å². The fraction of sp³-hybridized carbons (Fsp3) is 0.235. The molecule has 0 atom stereocenters. The number of ether oxygens (including phenoxy) is 1. The third-order valence-corrected chi connectivity index (χ3v) is 3.59. The molecule has 2 rings (SSSR count). The van der Waals surface area contributed by atoms with Gasteiger partial charge in [0.05, 0.1) is 30.6 Å². The Bertz CT molecular complexity index is 779. The number of anilines is 2. The van der Waals surface area contributed by atoms with Gasteiger partial charge in [-0.3, -0.25) is 4.79 Å². The van der Waals surface area contributed by atoms with Crippen LogP contribution in [-0.2, 0) is 11.0 Å². The Morgan fingerprint density at radius 2 is 1.88 bits per heavy atom. The lowest BCUT2D eigenvalue weighted by Gasteiger charge is -2.15. The minimum Gasteiger partial charge on any atom is -0.495 e. The van der Waals surface area contributed by atoms with E-state index in [1.165, 1.54) is 13.2 Å². The van der Waals surface area contributed by atoms with Crippen molar-refractivity contribution in [2.45, 2.75) is 13.1 Å². The van der Waals surface area contributed by atoms with Crippen molar-refractivity contribution in [3.63, 3.8) is 0 Å². The van der Waals surface area contributed by atoms with Crippen molar-refractivity contribution >= 4 is 28.9 Å². The summed E-state index contributed by atoms with van der Waals surface area (Å²) in [6.45, 7) is 1.65. The summed E-state index contributed by atoms with van der Waals surface area (Å²) in [5.74, 6) is -0.0998. The highest BCUT2D eigenvalue weighted by molar-refractivity contribution is 6.30. The summed E-state index contributed by atoms with van der Waals surface area (Å²) in [4.78, 5) is 12.0. The second-order valence-corrected chi connectivity index (χ2v) is 5.73. The predicted molar refractivity (Wildman–Crippen MR) is 91.3 cm³/mol. The first-order valence-corrected chi connectivity index (χ1v) is 7.63. The summed E-state index contributed by atoms with van der Waals surface area (Å²) in [6, 6.07) is 8.52. The number of carbonyl (C=O) groups is 1. The van der Waals surface area contributed by atoms with Crippen LogP contribution in [-0.4, -0.2) is 19.6 Å². The summed E-state index contributed by atoms with van der Waals surface area (Å²) >= 11 is 5.61. The first-order valence-electron chi connectivity index (χ1n) is 7.26. The molecule has 0 radical (unpaired) electrons. The molecule has 2 aromatic rings. The third kappa shape index (κ3) is 5.03. The maximum absolute atomic E-state index is 13.0. The lowest BCUT2D eigenvalue weighted by molar-refractivity contribution is -0.137. The molecule has 2 N–H and O–H groups in total. The molecule has 0 aliphatic heterocycles. The normalized spacial score (nSPS) is 11.1. The van der Waals surface area contributed by atoms with Gasteiger partial charge >= 0.3 is 6.18 Å². The molecule has 0 heterocycles. The monoisotopic (exact) mass is 372 g/mol. The number of rotatable bonds is 5. The van der Waals surface area contributed by atoms with Crippen LogP contribution in [0.25, 0.3) is 0 Å². The van der Waals surface area contributed by atoms with Crippen molar-refractivity contribution in [3.05, 3.63) is 52.5 Å². The minimum atomic E-state index is -4.62. The van der Waals surface area contributed by atoms with Crippen LogP contribution in [0.1, 0.15) is 11.1 Å². The molecule has 0 fully saturated rings. The van der Waals surface area contributed by atoms with Gasteiger partial charge in [0.25, 0.3) is 0 Å². The zero-order valence-electron chi connectivity index (χ0n) is 13.5. The molecule has 0 spiro atoms. The molecule has 0 aliphatic rings. The quantitative estimate of drug-likeness (QED) is 0.798. The molecule has 0 saturated carbocycles. The molecule has 0 bridgehead atoms. The number of hydrogen-bond acceptors (Lipinski definition) is 3. The minimum absolute atomic E-state index is 0.0621. The lowest BCUT2D eigenvalue weighted by Crippen LogP contribution is -2.23. The van der Waals surface area contributed by atoms with E-state index in [0.717, 1.165) is 17.7 Å². The zero-order valence-corrected chi connectivity index (χ0v) is 14.3. The average Bonchev–Trinajstić information content (AvgIpc) is 2.54. The Morgan fingerprint density at radius 1 is 1.16 bits per heavy atom. The highest BCUT2D eigenvalue weighted by Gasteiger charge is 2.34. The SMILES string of the molecule is COc1ccc(C)cc1NCC(=O)Nc1ccc(Cl)cc1C(F)(F)F. The van der Waals surface area contributed by atoms with E-state index in [1.807, 2.05) is 13.0 Å². The Morgan fingerprint density at radius 3 is 2.52 bits per heavy atom. The summed E-state index contributed by atoms with van der Waals surface area (Å²) in [5, 5.41) is 5.03. The van der Waals surface area contributed by atoms with E-state index in [-0.39, 0.29) is 17.3 Å². The molecule has 0 unspecified atom stereocenters. The van der Waals surface area contributed by atoms with Crippen LogP contribution in [0.3, 0.4) is 0 Å². The maximum atomic E-state index is 13.0. The Hall–Kier alpha value is -2.41. The number of aryl methyl sites for hydroxylation is 1. The molecule has 2 aromatic carbocycles. The molecule has 25 heavy (non-hydrogen) atoms. The third-order valence-electron chi connectivity index (χ3n) is 3.36. The number of benzene rings is 2. The van der Waals surface area contributed by atoms with E-state index < -0.39 is 17.6 Å². The van der Waals surface area contributed by atoms with E-state index in [0.29, 0.717) is 11.4 Å². The summed E-state index contributed by atoms with van der Waals surface area (Å²) in [5.41, 5.74) is 0.173. The topological polar surface area (TPSA) is 50.4 Å². The molecule has 1 amide bonds. The Kier molecular flexibility index (Phi) is 5.79. The number of carbonyl (C=O) groups excluding carboxylic acids is 1. The molecule has 8 heteroatoms. The summed E-state index contributed by atoms with van der Waals surface area (Å²) in [7, 11) is 1.49. The van der Waals surface area contributed by atoms with E-state index in [1.54, 1.807) is 12.1 Å². The molecule has 0 aromatic heterocycles. The lowest BCUT2D eigenvalue weighted by atomic mass is 10.1. The maximum Gasteiger partial charge on any atom is 0.418 e. The summed E-state index contributed by atoms with van der Waals surface area (Å²) in [6.07, 6.45) is -4.62. The predicted octanol–water partition coefficient (Wildman–Crippen LogP) is 4.73. The summed E-state index contributed by atoms with van der Waals surface area (Å²) < 4.78 is 44.3. The highest BCUT2D eigenvalue weighted by atomic mass is 35.5. The molecule has 4 nitrogen and oxygen atoms in total. The second kappa shape index (κ2) is 7.65. The molecule has 0 aliphatic carbocycles. The van der Waals surface area contributed by atoms with Crippen molar-refractivity contribution < 1.29 is 22.7 Å². The van der Waals surface area contributed by atoms with Gasteiger partial charge in [0.2, 0.25) is 5.91 Å². The second-order valence-electron chi connectivity index (χ2n) is 5.29. The molecule has 0 saturated heterocycles. The first-order chi connectivity index (χ1) is 11.7. The highest BCUT2D eigenvalue weighted by Crippen LogP contribution is 2.36. The first kappa shape index (κ1) is 18.9. The number of amides is 1. The van der Waals surface area contributed by atoms with Gasteiger partial charge in [-0.1, -0.05) is 17.7 Å². The van der Waals surface area contributed by atoms with E-state index >= 15 is 0 Å². The number of methoxy groups -OCH3 is 1. The number of nitrogens with one attached hydrogen (secondary N) is 2. The van der Waals surface area contributed by atoms with Crippen LogP contribution < -0.4 is 15.4 Å². The standard InChI is InChI=1S/C17H16ClF3N2O2/c1-10-3-6-15(25-2)14(7-10)22-9-16(24)23-13-5-4-11(18)8-12(13)17(19,20)21/h3-8,22H,9H2,1-2H3,(H,23,24). The van der Waals surface area contributed by atoms with Crippen molar-refractivity contribution in [2.24, 2.45) is 0 Å². The van der Waals surface area contributed by atoms with E-state index in [4.69, 9.17) is 16.3 Å². The average molecular weight is 373 g/mol. The van der Waals surface area contributed by atoms with Crippen LogP contribution in [0, 0.1) is 6.92 Å². The van der Waals surface area contributed by atoms with Gasteiger partial charge in [-0.2, -0.15) is 13.2 Å². The van der Waals surface area contributed by atoms with Crippen molar-refractivity contribution in [1.29, 1.82) is 0 Å². The number of halogens is 4. The zero-order chi connectivity index (χ0) is 18.6. The molecular weight excluding hydrogens is 357 g/mol. The van der Waals surface area contributed by atoms with Gasteiger partial charge in [0.1, 0.15) is 5.75 Å². The number of hydrogen-bond donors (Lipinski definition) is 2. The van der Waals surface area contributed by atoms with Gasteiger partial charge in [-0.15, -0.1) is 0 Å². The van der Waals surface area contributed by atoms with Crippen LogP contribution in [0.5, 0.6) is 5.75 Å². The molecular formula is C17H16ClF3N2O2. The van der Waals surface area contributed by atoms with Crippen molar-refractivity contribution in [2.75, 3.05) is 24.3 Å². The molecule has 134 valence electrons. The number of alkyl halides is 3. The largest absolute Gasteiger partial charge is 0.495 e. The van der Waals surface area contributed by atoms with Crippen molar-refractivity contribution in [3.8, 4) is 5.75 Å². The van der Waals surface area contributed by atoms with E-state index in [9.17, 15) is 18.0 Å². The van der Waals surface area contributed by atoms with Gasteiger partial charge in [-0.25, -0.2) is 0 Å². The van der Waals surface area contributed by atoms with E-state index in [2.05, 4.69) is 10.6 Å². The van der Waals surface area contributed by atoms with Crippen LogP contribution in [0.15, 0.2) is 36.4 Å². The smallest absolute Gasteiger partial charge is 0.418 e. The fourth-order valence-corrected chi connectivity index (χ4v) is 2.36. The van der Waals surface area contributed by atoms with Crippen molar-refractivity contribution in [1.82, 2.24) is 0 Å². The Labute approximate surface area is 147 Å². The van der Waals surface area contributed by atoms with Gasteiger partial charge in [0, 0.05) is 5.02 Å². The van der Waals surface area contributed by atoms with Gasteiger partial charge in [0.15, 0.2) is 0 Å². The van der Waals surface area contributed by atoms with Gasteiger partial charge < -0.3 is 15.4 Å². The fourth-order valence-electron chi connectivity index (χ4n) is 2.19. The Balaban J connectivity index is 2.10.